The van der Waals surface area contributed by atoms with Crippen molar-refractivity contribution in [1.82, 2.24) is 4.98 Å². The van der Waals surface area contributed by atoms with Gasteiger partial charge in [-0.1, -0.05) is 36.4 Å². The molecule has 0 aliphatic heterocycles. The van der Waals surface area contributed by atoms with E-state index in [0.717, 1.165) is 27.8 Å². The molecule has 4 nitrogen and oxygen atoms in total. The molecule has 2 aromatic carbocycles. The van der Waals surface area contributed by atoms with Crippen LogP contribution in [0.4, 0.5) is 11.4 Å². The van der Waals surface area contributed by atoms with E-state index in [4.69, 9.17) is 4.74 Å². The van der Waals surface area contributed by atoms with Gasteiger partial charge in [-0.25, -0.2) is 4.79 Å². The molecule has 0 fully saturated rings. The molecule has 0 unspecified atom stereocenters. The monoisotopic (exact) mass is 342 g/mol. The number of benzene rings is 2. The smallest absolute Gasteiger partial charge is 0.341 e. The van der Waals surface area contributed by atoms with E-state index in [1.165, 1.54) is 0 Å². The zero-order chi connectivity index (χ0) is 16.2. The van der Waals surface area contributed by atoms with Crippen molar-refractivity contribution in [1.29, 1.82) is 0 Å². The molecule has 1 N–H and O–H groups in total. The van der Waals surface area contributed by atoms with Crippen molar-refractivity contribution in [2.24, 2.45) is 0 Å². The summed E-state index contributed by atoms with van der Waals surface area (Å²) in [6, 6.07) is 15.7. The molecule has 0 saturated heterocycles. The summed E-state index contributed by atoms with van der Waals surface area (Å²) < 4.78 is 5.17. The van der Waals surface area contributed by atoms with E-state index < -0.39 is 0 Å². The first-order chi connectivity index (χ1) is 11.2. The van der Waals surface area contributed by atoms with Crippen LogP contribution in [-0.2, 0) is 4.74 Å². The minimum Gasteiger partial charge on any atom is -0.462 e. The molecule has 0 aliphatic carbocycles. The number of aromatic nitrogens is 1. The fraction of sp³-hybridized carbons (Fsp3) is 0.158. The van der Waals surface area contributed by atoms with E-state index in [1.807, 2.05) is 55.5 Å². The lowest BCUT2D eigenvalue weighted by molar-refractivity contribution is 0.0527. The maximum absolute atomic E-state index is 12.3. The van der Waals surface area contributed by atoms with E-state index in [-0.39, 0.29) is 18.4 Å². The number of fused-ring (bicyclic) bond motifs is 1. The average molecular weight is 343 g/mol. The summed E-state index contributed by atoms with van der Waals surface area (Å²) in [7, 11) is 0. The molecule has 24 heavy (non-hydrogen) atoms. The van der Waals surface area contributed by atoms with Crippen molar-refractivity contribution in [3.63, 3.8) is 0 Å². The Hall–Kier alpha value is -2.59. The predicted octanol–water partition coefficient (Wildman–Crippen LogP) is 4.89. The van der Waals surface area contributed by atoms with Gasteiger partial charge in [0.05, 0.1) is 17.8 Å². The molecule has 124 valence electrons. The van der Waals surface area contributed by atoms with Crippen LogP contribution >= 0.6 is 12.4 Å². The second-order valence-corrected chi connectivity index (χ2v) is 5.22. The Bertz CT molecular complexity index is 865. The van der Waals surface area contributed by atoms with Crippen LogP contribution in [-0.4, -0.2) is 17.6 Å². The van der Waals surface area contributed by atoms with Crippen LogP contribution in [0.1, 0.15) is 22.8 Å². The SMILES string of the molecule is CCOC(=O)c1cnc2ccccc2c1Nc1ccccc1C.Cl. The number of halogens is 1. The fourth-order valence-electron chi connectivity index (χ4n) is 2.49. The molecular weight excluding hydrogens is 324 g/mol. The number of para-hydroxylation sites is 2. The highest BCUT2D eigenvalue weighted by Gasteiger charge is 2.17. The third-order valence-corrected chi connectivity index (χ3v) is 3.68. The van der Waals surface area contributed by atoms with Crippen LogP contribution in [0.5, 0.6) is 0 Å². The number of nitrogens with one attached hydrogen (secondary N) is 1. The number of aryl methyl sites for hydroxylation is 1. The zero-order valence-electron chi connectivity index (χ0n) is 13.6. The van der Waals surface area contributed by atoms with Gasteiger partial charge < -0.3 is 10.1 Å². The third kappa shape index (κ3) is 3.49. The maximum Gasteiger partial charge on any atom is 0.341 e. The number of carbonyl (C=O) groups is 1. The normalized spacial score (nSPS) is 10.1. The maximum atomic E-state index is 12.3. The number of rotatable bonds is 4. The number of hydrogen-bond donors (Lipinski definition) is 1. The number of hydrogen-bond acceptors (Lipinski definition) is 4. The Morgan fingerprint density at radius 2 is 1.83 bits per heavy atom. The topological polar surface area (TPSA) is 51.2 Å². The van der Waals surface area contributed by atoms with Gasteiger partial charge >= 0.3 is 5.97 Å². The minimum absolute atomic E-state index is 0. The highest BCUT2D eigenvalue weighted by Crippen LogP contribution is 2.30. The van der Waals surface area contributed by atoms with Gasteiger partial charge in [0.15, 0.2) is 0 Å². The standard InChI is InChI=1S/C19H18N2O2.ClH/c1-3-23-19(22)15-12-20-17-11-7-5-9-14(17)18(15)21-16-10-6-4-8-13(16)2;/h4-12H,3H2,1-2H3,(H,20,21);1H. The van der Waals surface area contributed by atoms with E-state index in [9.17, 15) is 4.79 Å². The molecule has 0 atom stereocenters. The van der Waals surface area contributed by atoms with E-state index in [1.54, 1.807) is 13.1 Å². The van der Waals surface area contributed by atoms with Gasteiger partial charge in [0.2, 0.25) is 0 Å². The number of esters is 1. The summed E-state index contributed by atoms with van der Waals surface area (Å²) >= 11 is 0. The molecule has 0 saturated carbocycles. The predicted molar refractivity (Wildman–Crippen MR) is 99.4 cm³/mol. The lowest BCUT2D eigenvalue weighted by Crippen LogP contribution is -2.09. The first kappa shape index (κ1) is 17.8. The van der Waals surface area contributed by atoms with Crippen LogP contribution in [0, 0.1) is 6.92 Å². The van der Waals surface area contributed by atoms with Gasteiger partial charge in [-0.05, 0) is 31.5 Å². The molecule has 0 radical (unpaired) electrons. The molecule has 5 heteroatoms. The minimum atomic E-state index is -0.373. The summed E-state index contributed by atoms with van der Waals surface area (Å²) in [5.74, 6) is -0.373. The molecule has 0 spiro atoms. The van der Waals surface area contributed by atoms with Crippen LogP contribution in [0.15, 0.2) is 54.7 Å². The van der Waals surface area contributed by atoms with E-state index >= 15 is 0 Å². The van der Waals surface area contributed by atoms with Crippen molar-refractivity contribution in [2.45, 2.75) is 13.8 Å². The van der Waals surface area contributed by atoms with Gasteiger partial charge in [0, 0.05) is 17.3 Å². The van der Waals surface area contributed by atoms with Gasteiger partial charge in [0.1, 0.15) is 5.56 Å². The van der Waals surface area contributed by atoms with Crippen LogP contribution in [0.3, 0.4) is 0 Å². The Morgan fingerprint density at radius 1 is 1.12 bits per heavy atom. The summed E-state index contributed by atoms with van der Waals surface area (Å²) in [6.07, 6.45) is 1.57. The van der Waals surface area contributed by atoms with Crippen molar-refractivity contribution in [3.05, 3.63) is 65.9 Å². The van der Waals surface area contributed by atoms with Gasteiger partial charge in [-0.2, -0.15) is 0 Å². The lowest BCUT2D eigenvalue weighted by atomic mass is 10.1. The van der Waals surface area contributed by atoms with Gasteiger partial charge in [-0.3, -0.25) is 4.98 Å². The van der Waals surface area contributed by atoms with Gasteiger partial charge in [0.25, 0.3) is 0 Å². The Labute approximate surface area is 147 Å². The summed E-state index contributed by atoms with van der Waals surface area (Å²) in [6.45, 7) is 4.14. The number of anilines is 2. The van der Waals surface area contributed by atoms with Crippen LogP contribution in [0.25, 0.3) is 10.9 Å². The first-order valence-electron chi connectivity index (χ1n) is 7.58. The zero-order valence-corrected chi connectivity index (χ0v) is 14.4. The molecule has 0 aliphatic rings. The number of nitrogens with zero attached hydrogens (tertiary/aromatic N) is 1. The molecule has 3 rings (SSSR count). The number of carbonyl (C=O) groups excluding carboxylic acids is 1. The second kappa shape index (κ2) is 7.79. The Morgan fingerprint density at radius 3 is 2.58 bits per heavy atom. The Balaban J connectivity index is 0.00000208. The van der Waals surface area contributed by atoms with Crippen molar-refractivity contribution in [2.75, 3.05) is 11.9 Å². The quantitative estimate of drug-likeness (QED) is 0.686. The summed E-state index contributed by atoms with van der Waals surface area (Å²) in [5, 5.41) is 4.27. The van der Waals surface area contributed by atoms with Crippen molar-refractivity contribution < 1.29 is 9.53 Å². The molecule has 1 aromatic heterocycles. The number of pyridine rings is 1. The van der Waals surface area contributed by atoms with E-state index in [2.05, 4.69) is 10.3 Å². The van der Waals surface area contributed by atoms with E-state index in [0.29, 0.717) is 12.2 Å². The highest BCUT2D eigenvalue weighted by atomic mass is 35.5. The number of ether oxygens (including phenoxy) is 1. The third-order valence-electron chi connectivity index (χ3n) is 3.68. The lowest BCUT2D eigenvalue weighted by Gasteiger charge is -2.15. The molecule has 0 bridgehead atoms. The highest BCUT2D eigenvalue weighted by molar-refractivity contribution is 6.06. The molecular formula is C19H19ClN2O2. The van der Waals surface area contributed by atoms with Crippen LogP contribution in [0.2, 0.25) is 0 Å². The average Bonchev–Trinajstić information content (AvgIpc) is 2.57. The van der Waals surface area contributed by atoms with Crippen molar-refractivity contribution in [3.8, 4) is 0 Å². The summed E-state index contributed by atoms with van der Waals surface area (Å²) in [5.41, 5.74) is 4.05. The van der Waals surface area contributed by atoms with Gasteiger partial charge in [-0.15, -0.1) is 12.4 Å². The fourth-order valence-corrected chi connectivity index (χ4v) is 2.49. The van der Waals surface area contributed by atoms with Crippen LogP contribution < -0.4 is 5.32 Å². The molecule has 3 aromatic rings. The largest absolute Gasteiger partial charge is 0.462 e. The molecule has 0 amide bonds. The Kier molecular flexibility index (Phi) is 5.77. The first-order valence-corrected chi connectivity index (χ1v) is 7.58. The second-order valence-electron chi connectivity index (χ2n) is 5.22. The summed E-state index contributed by atoms with van der Waals surface area (Å²) in [4.78, 5) is 16.7. The van der Waals surface area contributed by atoms with Crippen molar-refractivity contribution >= 4 is 40.7 Å². The molecule has 1 heterocycles.